The summed E-state index contributed by atoms with van der Waals surface area (Å²) in [6.07, 6.45) is 1.90. The molecule has 6 heteroatoms. The molecule has 0 atom stereocenters. The molecule has 1 amide bonds. The number of nitrogens with one attached hydrogen (secondary N) is 2. The van der Waals surface area contributed by atoms with Crippen LogP contribution in [0.2, 0.25) is 0 Å². The van der Waals surface area contributed by atoms with E-state index in [1.54, 1.807) is 12.3 Å². The number of H-pyrrole nitrogens is 1. The van der Waals surface area contributed by atoms with Gasteiger partial charge in [-0.1, -0.05) is 30.3 Å². The first kappa shape index (κ1) is 16.3. The van der Waals surface area contributed by atoms with Gasteiger partial charge in [0.1, 0.15) is 0 Å². The molecule has 2 aromatic carbocycles. The van der Waals surface area contributed by atoms with E-state index in [9.17, 15) is 9.59 Å². The van der Waals surface area contributed by atoms with Gasteiger partial charge in [-0.05, 0) is 39.7 Å². The maximum atomic E-state index is 12.0. The van der Waals surface area contributed by atoms with Gasteiger partial charge in [-0.3, -0.25) is 9.59 Å². The Morgan fingerprint density at radius 3 is 2.67 bits per heavy atom. The van der Waals surface area contributed by atoms with Crippen molar-refractivity contribution in [3.63, 3.8) is 0 Å². The average molecular weight is 387 g/mol. The van der Waals surface area contributed by atoms with Crippen LogP contribution in [0.25, 0.3) is 10.9 Å². The third-order valence-corrected chi connectivity index (χ3v) is 4.21. The summed E-state index contributed by atoms with van der Waals surface area (Å²) in [5, 5.41) is 3.66. The molecule has 5 nitrogen and oxygen atoms in total. The Morgan fingerprint density at radius 1 is 1.08 bits per heavy atom. The van der Waals surface area contributed by atoms with Gasteiger partial charge in [-0.15, -0.1) is 0 Å². The van der Waals surface area contributed by atoms with Crippen molar-refractivity contribution in [2.24, 2.45) is 0 Å². The number of para-hydroxylation sites is 2. The van der Waals surface area contributed by atoms with Crippen molar-refractivity contribution < 1.29 is 14.3 Å². The summed E-state index contributed by atoms with van der Waals surface area (Å²) in [6, 6.07) is 14.9. The van der Waals surface area contributed by atoms with Gasteiger partial charge in [0.15, 0.2) is 6.61 Å². The monoisotopic (exact) mass is 386 g/mol. The molecule has 0 aliphatic heterocycles. The van der Waals surface area contributed by atoms with Crippen LogP contribution in [0.4, 0.5) is 5.69 Å². The molecule has 0 bridgehead atoms. The molecule has 2 N–H and O–H groups in total. The third kappa shape index (κ3) is 3.83. The van der Waals surface area contributed by atoms with Gasteiger partial charge in [0.05, 0.1) is 12.1 Å². The van der Waals surface area contributed by atoms with Crippen molar-refractivity contribution in [1.29, 1.82) is 0 Å². The second-order valence-electron chi connectivity index (χ2n) is 5.22. The normalized spacial score (nSPS) is 10.5. The molecule has 122 valence electrons. The second-order valence-corrected chi connectivity index (χ2v) is 6.08. The van der Waals surface area contributed by atoms with Gasteiger partial charge in [-0.25, -0.2) is 0 Å². The lowest BCUT2D eigenvalue weighted by atomic mass is 10.1. The van der Waals surface area contributed by atoms with Crippen molar-refractivity contribution in [3.8, 4) is 0 Å². The number of hydrogen-bond acceptors (Lipinski definition) is 3. The number of carbonyl (C=O) groups is 2. The lowest BCUT2D eigenvalue weighted by Crippen LogP contribution is -2.21. The molecule has 1 heterocycles. The highest BCUT2D eigenvalue weighted by atomic mass is 79.9. The van der Waals surface area contributed by atoms with E-state index < -0.39 is 5.97 Å². The number of esters is 1. The van der Waals surface area contributed by atoms with Crippen LogP contribution in [0.5, 0.6) is 0 Å². The van der Waals surface area contributed by atoms with Crippen molar-refractivity contribution >= 4 is 44.4 Å². The average Bonchev–Trinajstić information content (AvgIpc) is 2.98. The fourth-order valence-electron chi connectivity index (χ4n) is 2.38. The number of anilines is 1. The van der Waals surface area contributed by atoms with Crippen molar-refractivity contribution in [2.45, 2.75) is 6.42 Å². The molecule has 3 aromatic rings. The maximum Gasteiger partial charge on any atom is 0.310 e. The highest BCUT2D eigenvalue weighted by Crippen LogP contribution is 2.21. The summed E-state index contributed by atoms with van der Waals surface area (Å²) < 4.78 is 5.83. The summed E-state index contributed by atoms with van der Waals surface area (Å²) >= 11 is 3.34. The first-order valence-electron chi connectivity index (χ1n) is 7.38. The van der Waals surface area contributed by atoms with E-state index in [0.717, 1.165) is 20.9 Å². The van der Waals surface area contributed by atoms with Gasteiger partial charge in [0.2, 0.25) is 0 Å². The number of halogens is 1. The number of amides is 1. The summed E-state index contributed by atoms with van der Waals surface area (Å²) in [4.78, 5) is 26.9. The fourth-order valence-corrected chi connectivity index (χ4v) is 2.76. The van der Waals surface area contributed by atoms with E-state index in [-0.39, 0.29) is 18.9 Å². The van der Waals surface area contributed by atoms with Gasteiger partial charge < -0.3 is 15.0 Å². The minimum atomic E-state index is -0.443. The van der Waals surface area contributed by atoms with Crippen LogP contribution in [0, 0.1) is 0 Å². The molecule has 24 heavy (non-hydrogen) atoms. The highest BCUT2D eigenvalue weighted by molar-refractivity contribution is 9.10. The maximum absolute atomic E-state index is 12.0. The molecule has 3 rings (SSSR count). The van der Waals surface area contributed by atoms with E-state index in [1.807, 2.05) is 42.5 Å². The molecule has 0 saturated carbocycles. The lowest BCUT2D eigenvalue weighted by Gasteiger charge is -2.08. The zero-order valence-electron chi connectivity index (χ0n) is 12.7. The standard InChI is InChI=1S/C18H15BrN2O3/c19-14-6-2-4-8-16(14)21-17(22)11-24-18(23)9-12-10-20-15-7-3-1-5-13(12)15/h1-8,10,20H,9,11H2,(H,21,22). The van der Waals surface area contributed by atoms with Gasteiger partial charge in [0.25, 0.3) is 5.91 Å². The van der Waals surface area contributed by atoms with Gasteiger partial charge in [-0.2, -0.15) is 0 Å². The smallest absolute Gasteiger partial charge is 0.310 e. The zero-order valence-corrected chi connectivity index (χ0v) is 14.3. The molecule has 0 radical (unpaired) electrons. The summed E-state index contributed by atoms with van der Waals surface area (Å²) in [5.41, 5.74) is 2.45. The van der Waals surface area contributed by atoms with Crippen LogP contribution in [0.15, 0.2) is 59.2 Å². The number of carbonyl (C=O) groups excluding carboxylic acids is 2. The third-order valence-electron chi connectivity index (χ3n) is 3.52. The van der Waals surface area contributed by atoms with Crippen molar-refractivity contribution in [3.05, 3.63) is 64.8 Å². The second kappa shape index (κ2) is 7.31. The minimum Gasteiger partial charge on any atom is -0.455 e. The molecule has 1 aromatic heterocycles. The van der Waals surface area contributed by atoms with Gasteiger partial charge in [0, 0.05) is 21.6 Å². The Bertz CT molecular complexity index is 889. The largest absolute Gasteiger partial charge is 0.455 e. The molecule has 0 fully saturated rings. The predicted molar refractivity (Wildman–Crippen MR) is 95.7 cm³/mol. The fraction of sp³-hybridized carbons (Fsp3) is 0.111. The summed E-state index contributed by atoms with van der Waals surface area (Å²) in [6.45, 7) is -0.317. The number of rotatable bonds is 5. The number of ether oxygens (including phenoxy) is 1. The molecule has 0 spiro atoms. The molecular weight excluding hydrogens is 372 g/mol. The number of aromatic amines is 1. The van der Waals surface area contributed by atoms with E-state index in [4.69, 9.17) is 4.74 Å². The van der Waals surface area contributed by atoms with E-state index in [2.05, 4.69) is 26.2 Å². The molecule has 0 aliphatic carbocycles. The predicted octanol–water partition coefficient (Wildman–Crippen LogP) is 3.65. The summed E-state index contributed by atoms with van der Waals surface area (Å²) in [5.74, 6) is -0.823. The van der Waals surface area contributed by atoms with Crippen LogP contribution in [0.1, 0.15) is 5.56 Å². The minimum absolute atomic E-state index is 0.117. The van der Waals surface area contributed by atoms with Crippen LogP contribution in [-0.2, 0) is 20.7 Å². The first-order chi connectivity index (χ1) is 11.6. The first-order valence-corrected chi connectivity index (χ1v) is 8.18. The Balaban J connectivity index is 1.54. The van der Waals surface area contributed by atoms with Crippen molar-refractivity contribution in [1.82, 2.24) is 4.98 Å². The van der Waals surface area contributed by atoms with E-state index in [1.165, 1.54) is 0 Å². The molecular formula is C18H15BrN2O3. The number of benzene rings is 2. The highest BCUT2D eigenvalue weighted by Gasteiger charge is 2.12. The Hall–Kier alpha value is -2.60. The Labute approximate surface area is 147 Å². The zero-order chi connectivity index (χ0) is 16.9. The number of fused-ring (bicyclic) bond motifs is 1. The Kier molecular flexibility index (Phi) is 4.96. The SMILES string of the molecule is O=C(COC(=O)Cc1c[nH]c2ccccc12)Nc1ccccc1Br. The quantitative estimate of drug-likeness (QED) is 0.657. The number of aromatic nitrogens is 1. The van der Waals surface area contributed by atoms with E-state index >= 15 is 0 Å². The molecule has 0 unspecified atom stereocenters. The van der Waals surface area contributed by atoms with Crippen LogP contribution in [0.3, 0.4) is 0 Å². The van der Waals surface area contributed by atoms with Crippen LogP contribution < -0.4 is 5.32 Å². The molecule has 0 aliphatic rings. The van der Waals surface area contributed by atoms with E-state index in [0.29, 0.717) is 5.69 Å². The molecule has 0 saturated heterocycles. The Morgan fingerprint density at radius 2 is 1.83 bits per heavy atom. The summed E-state index contributed by atoms with van der Waals surface area (Å²) in [7, 11) is 0. The number of hydrogen-bond donors (Lipinski definition) is 2. The lowest BCUT2D eigenvalue weighted by molar-refractivity contribution is -0.146. The van der Waals surface area contributed by atoms with Crippen molar-refractivity contribution in [2.75, 3.05) is 11.9 Å². The van der Waals surface area contributed by atoms with Crippen LogP contribution >= 0.6 is 15.9 Å². The van der Waals surface area contributed by atoms with Gasteiger partial charge >= 0.3 is 5.97 Å². The van der Waals surface area contributed by atoms with Crippen LogP contribution in [-0.4, -0.2) is 23.5 Å². The topological polar surface area (TPSA) is 71.2 Å².